The summed E-state index contributed by atoms with van der Waals surface area (Å²) in [6.07, 6.45) is 1.82. The first kappa shape index (κ1) is 18.7. The summed E-state index contributed by atoms with van der Waals surface area (Å²) < 4.78 is 29.0. The molecule has 146 valence electrons. The third kappa shape index (κ3) is 3.83. The zero-order chi connectivity index (χ0) is 19.7. The molecule has 0 atom stereocenters. The summed E-state index contributed by atoms with van der Waals surface area (Å²) in [4.78, 5) is 19.5. The molecule has 0 aliphatic carbocycles. The minimum Gasteiger partial charge on any atom is -0.299 e. The number of rotatable bonds is 4. The van der Waals surface area contributed by atoms with E-state index in [1.165, 1.54) is 12.1 Å². The Hall–Kier alpha value is -2.60. The van der Waals surface area contributed by atoms with Crippen LogP contribution < -0.4 is 5.56 Å². The molecule has 0 N–H and O–H groups in total. The second kappa shape index (κ2) is 7.80. The molecular weight excluding hydrogens is 360 g/mol. The minimum absolute atomic E-state index is 0.00682. The molecule has 6 heteroatoms. The van der Waals surface area contributed by atoms with Crippen molar-refractivity contribution in [3.63, 3.8) is 0 Å². The monoisotopic (exact) mass is 383 g/mol. The number of para-hydroxylation sites is 1. The van der Waals surface area contributed by atoms with E-state index in [1.807, 2.05) is 31.2 Å². The Morgan fingerprint density at radius 1 is 1.11 bits per heavy atom. The Labute approximate surface area is 162 Å². The van der Waals surface area contributed by atoms with E-state index in [0.29, 0.717) is 30.0 Å². The molecule has 0 saturated carbocycles. The fourth-order valence-corrected chi connectivity index (χ4v) is 3.98. The molecule has 0 amide bonds. The molecule has 2 heterocycles. The summed E-state index contributed by atoms with van der Waals surface area (Å²) in [7, 11) is 0. The summed E-state index contributed by atoms with van der Waals surface area (Å²) >= 11 is 0. The van der Waals surface area contributed by atoms with Gasteiger partial charge in [-0.3, -0.25) is 14.3 Å². The van der Waals surface area contributed by atoms with Gasteiger partial charge in [0.15, 0.2) is 0 Å². The van der Waals surface area contributed by atoms with Crippen molar-refractivity contribution in [2.45, 2.75) is 32.9 Å². The maximum Gasteiger partial charge on any atom is 0.261 e. The van der Waals surface area contributed by atoms with Crippen molar-refractivity contribution in [1.29, 1.82) is 0 Å². The number of benzene rings is 2. The molecule has 0 bridgehead atoms. The van der Waals surface area contributed by atoms with Gasteiger partial charge in [-0.1, -0.05) is 12.1 Å². The summed E-state index contributed by atoms with van der Waals surface area (Å²) in [6.45, 7) is 4.53. The van der Waals surface area contributed by atoms with Gasteiger partial charge in [0.1, 0.15) is 17.5 Å². The van der Waals surface area contributed by atoms with Crippen LogP contribution in [0.5, 0.6) is 0 Å². The number of aryl methyl sites for hydroxylation is 1. The molecule has 2 aromatic carbocycles. The van der Waals surface area contributed by atoms with Crippen molar-refractivity contribution in [2.24, 2.45) is 5.92 Å². The lowest BCUT2D eigenvalue weighted by Crippen LogP contribution is -2.36. The van der Waals surface area contributed by atoms with Gasteiger partial charge in [0, 0.05) is 18.7 Å². The first-order chi connectivity index (χ1) is 13.5. The smallest absolute Gasteiger partial charge is 0.261 e. The van der Waals surface area contributed by atoms with Crippen molar-refractivity contribution >= 4 is 10.9 Å². The van der Waals surface area contributed by atoms with E-state index in [4.69, 9.17) is 0 Å². The number of likely N-dealkylation sites (tertiary alicyclic amines) is 1. The van der Waals surface area contributed by atoms with E-state index in [1.54, 1.807) is 4.57 Å². The predicted molar refractivity (Wildman–Crippen MR) is 105 cm³/mol. The zero-order valence-electron chi connectivity index (χ0n) is 15.9. The van der Waals surface area contributed by atoms with E-state index in [2.05, 4.69) is 9.88 Å². The largest absolute Gasteiger partial charge is 0.299 e. The van der Waals surface area contributed by atoms with Crippen LogP contribution in [0.4, 0.5) is 8.78 Å². The highest BCUT2D eigenvalue weighted by molar-refractivity contribution is 5.77. The van der Waals surface area contributed by atoms with Gasteiger partial charge in [-0.05, 0) is 69.1 Å². The third-order valence-corrected chi connectivity index (χ3v) is 5.60. The third-order valence-electron chi connectivity index (χ3n) is 5.60. The Bertz CT molecular complexity index is 1060. The van der Waals surface area contributed by atoms with Crippen LogP contribution in [0, 0.1) is 24.5 Å². The summed E-state index contributed by atoms with van der Waals surface area (Å²) in [5, 5.41) is 0.645. The summed E-state index contributed by atoms with van der Waals surface area (Å²) in [5.41, 5.74) is 1.13. The molecular formula is C22H23F2N3O. The number of hydrogen-bond acceptors (Lipinski definition) is 3. The van der Waals surface area contributed by atoms with E-state index in [0.717, 1.165) is 43.3 Å². The summed E-state index contributed by atoms with van der Waals surface area (Å²) in [5.74, 6) is 0.318. The minimum atomic E-state index is -0.412. The van der Waals surface area contributed by atoms with Crippen LogP contribution in [0.1, 0.15) is 24.2 Å². The van der Waals surface area contributed by atoms with Gasteiger partial charge in [-0.25, -0.2) is 13.8 Å². The molecule has 1 aliphatic heterocycles. The van der Waals surface area contributed by atoms with Crippen LogP contribution in [0.25, 0.3) is 10.9 Å². The van der Waals surface area contributed by atoms with Crippen LogP contribution >= 0.6 is 0 Å². The SMILES string of the molecule is Cc1nc2ccccc2c(=O)n1CC1CCN(Cc2cc(F)ccc2F)CC1. The lowest BCUT2D eigenvalue weighted by atomic mass is 9.96. The van der Waals surface area contributed by atoms with Crippen molar-refractivity contribution in [3.05, 3.63) is 75.8 Å². The fraction of sp³-hybridized carbons (Fsp3) is 0.364. The number of nitrogens with zero attached hydrogens (tertiary/aromatic N) is 3. The first-order valence-corrected chi connectivity index (χ1v) is 9.64. The van der Waals surface area contributed by atoms with Crippen molar-refractivity contribution in [3.8, 4) is 0 Å². The van der Waals surface area contributed by atoms with Gasteiger partial charge in [0.2, 0.25) is 0 Å². The molecule has 0 radical (unpaired) electrons. The highest BCUT2D eigenvalue weighted by Crippen LogP contribution is 2.22. The van der Waals surface area contributed by atoms with E-state index in [9.17, 15) is 13.6 Å². The predicted octanol–water partition coefficient (Wildman–Crippen LogP) is 3.90. The Kier molecular flexibility index (Phi) is 5.22. The number of aromatic nitrogens is 2. The molecule has 1 fully saturated rings. The van der Waals surface area contributed by atoms with Gasteiger partial charge in [-0.15, -0.1) is 0 Å². The van der Waals surface area contributed by atoms with E-state index < -0.39 is 5.82 Å². The van der Waals surface area contributed by atoms with Gasteiger partial charge in [-0.2, -0.15) is 0 Å². The quantitative estimate of drug-likeness (QED) is 0.686. The van der Waals surface area contributed by atoms with E-state index >= 15 is 0 Å². The van der Waals surface area contributed by atoms with Gasteiger partial charge < -0.3 is 0 Å². The maximum absolute atomic E-state index is 13.9. The molecule has 3 aromatic rings. The molecule has 1 aliphatic rings. The Balaban J connectivity index is 1.43. The van der Waals surface area contributed by atoms with Crippen LogP contribution in [0.15, 0.2) is 47.3 Å². The van der Waals surface area contributed by atoms with Crippen molar-refractivity contribution in [1.82, 2.24) is 14.5 Å². The van der Waals surface area contributed by atoms with E-state index in [-0.39, 0.29) is 11.4 Å². The molecule has 1 saturated heterocycles. The number of fused-ring (bicyclic) bond motifs is 1. The molecule has 4 nitrogen and oxygen atoms in total. The number of halogens is 2. The fourth-order valence-electron chi connectivity index (χ4n) is 3.98. The first-order valence-electron chi connectivity index (χ1n) is 9.64. The van der Waals surface area contributed by atoms with Crippen LogP contribution in [0.3, 0.4) is 0 Å². The van der Waals surface area contributed by atoms with Crippen molar-refractivity contribution in [2.75, 3.05) is 13.1 Å². The lowest BCUT2D eigenvalue weighted by Gasteiger charge is -2.32. The molecule has 0 spiro atoms. The highest BCUT2D eigenvalue weighted by Gasteiger charge is 2.22. The van der Waals surface area contributed by atoms with Crippen LogP contribution in [-0.4, -0.2) is 27.5 Å². The number of piperidine rings is 1. The molecule has 4 rings (SSSR count). The lowest BCUT2D eigenvalue weighted by molar-refractivity contribution is 0.164. The van der Waals surface area contributed by atoms with Crippen molar-refractivity contribution < 1.29 is 8.78 Å². The Morgan fingerprint density at radius 2 is 1.86 bits per heavy atom. The zero-order valence-corrected chi connectivity index (χ0v) is 15.9. The molecule has 1 aromatic heterocycles. The Morgan fingerprint density at radius 3 is 2.64 bits per heavy atom. The second-order valence-corrected chi connectivity index (χ2v) is 7.55. The maximum atomic E-state index is 13.9. The average molecular weight is 383 g/mol. The van der Waals surface area contributed by atoms with Crippen LogP contribution in [0.2, 0.25) is 0 Å². The number of hydrogen-bond donors (Lipinski definition) is 0. The second-order valence-electron chi connectivity index (χ2n) is 7.55. The van der Waals surface area contributed by atoms with Gasteiger partial charge in [0.25, 0.3) is 5.56 Å². The molecule has 0 unspecified atom stereocenters. The summed E-state index contributed by atoms with van der Waals surface area (Å²) in [6, 6.07) is 11.0. The van der Waals surface area contributed by atoms with Gasteiger partial charge in [0.05, 0.1) is 10.9 Å². The highest BCUT2D eigenvalue weighted by atomic mass is 19.1. The van der Waals surface area contributed by atoms with Crippen LogP contribution in [-0.2, 0) is 13.1 Å². The molecule has 28 heavy (non-hydrogen) atoms. The average Bonchev–Trinajstić information content (AvgIpc) is 2.69. The normalized spacial score (nSPS) is 16.0. The van der Waals surface area contributed by atoms with Gasteiger partial charge >= 0.3 is 0 Å². The standard InChI is InChI=1S/C22H23F2N3O/c1-15-25-21-5-3-2-4-19(21)22(28)27(15)13-16-8-10-26(11-9-16)14-17-12-18(23)6-7-20(17)24/h2-7,12,16H,8-11,13-14H2,1H3. The topological polar surface area (TPSA) is 38.1 Å².